The molecule has 0 spiro atoms. The monoisotopic (exact) mass is 342 g/mol. The number of piperidine rings is 1. The van der Waals surface area contributed by atoms with Gasteiger partial charge in [0.2, 0.25) is 0 Å². The van der Waals surface area contributed by atoms with Crippen molar-refractivity contribution in [2.75, 3.05) is 45.8 Å². The lowest BCUT2D eigenvalue weighted by atomic mass is 9.91. The van der Waals surface area contributed by atoms with Crippen LogP contribution in [0.25, 0.3) is 0 Å². The number of amides is 1. The van der Waals surface area contributed by atoms with Gasteiger partial charge in [-0.1, -0.05) is 11.6 Å². The molecular formula is C16H23ClN2O4. The van der Waals surface area contributed by atoms with E-state index in [2.05, 4.69) is 10.6 Å². The molecule has 23 heavy (non-hydrogen) atoms. The standard InChI is InChI=1S/C16H23ClN2O4/c1-21-9-10-23-14-4-3-12(11-13(14)17)19-15(20)16(22-2)5-7-18-8-6-16/h3-4,11,18H,5-10H2,1-2H3,(H,19,20). The molecule has 1 amide bonds. The van der Waals surface area contributed by atoms with Crippen molar-refractivity contribution >= 4 is 23.2 Å². The number of nitrogens with one attached hydrogen (secondary N) is 2. The van der Waals surface area contributed by atoms with E-state index in [4.69, 9.17) is 25.8 Å². The third-order valence-electron chi connectivity index (χ3n) is 3.95. The fraction of sp³-hybridized carbons (Fsp3) is 0.562. The van der Waals surface area contributed by atoms with Crippen molar-refractivity contribution in [1.29, 1.82) is 0 Å². The molecular weight excluding hydrogens is 320 g/mol. The number of benzene rings is 1. The van der Waals surface area contributed by atoms with Crippen LogP contribution in [0, 0.1) is 0 Å². The van der Waals surface area contributed by atoms with Gasteiger partial charge >= 0.3 is 0 Å². The van der Waals surface area contributed by atoms with E-state index in [0.717, 1.165) is 13.1 Å². The van der Waals surface area contributed by atoms with Crippen LogP contribution in [0.1, 0.15) is 12.8 Å². The minimum atomic E-state index is -0.786. The molecule has 1 aliphatic heterocycles. The third kappa shape index (κ3) is 4.57. The Morgan fingerprint density at radius 1 is 1.30 bits per heavy atom. The molecule has 1 aliphatic rings. The zero-order chi connectivity index (χ0) is 16.7. The first-order valence-electron chi connectivity index (χ1n) is 7.60. The molecule has 2 rings (SSSR count). The van der Waals surface area contributed by atoms with Gasteiger partial charge in [-0.15, -0.1) is 0 Å². The van der Waals surface area contributed by atoms with Gasteiger partial charge in [0.1, 0.15) is 18.0 Å². The maximum absolute atomic E-state index is 12.6. The Kier molecular flexibility index (Phi) is 6.65. The van der Waals surface area contributed by atoms with Gasteiger partial charge in [-0.25, -0.2) is 0 Å². The van der Waals surface area contributed by atoms with E-state index < -0.39 is 5.60 Å². The molecule has 7 heteroatoms. The predicted molar refractivity (Wildman–Crippen MR) is 89.3 cm³/mol. The summed E-state index contributed by atoms with van der Waals surface area (Å²) < 4.78 is 15.9. The van der Waals surface area contributed by atoms with Crippen molar-refractivity contribution < 1.29 is 19.0 Å². The molecule has 0 bridgehead atoms. The normalized spacial score (nSPS) is 16.8. The molecule has 0 unspecified atom stereocenters. The van der Waals surface area contributed by atoms with Crippen molar-refractivity contribution in [1.82, 2.24) is 5.32 Å². The lowest BCUT2D eigenvalue weighted by Crippen LogP contribution is -2.51. The second-order valence-corrected chi connectivity index (χ2v) is 5.80. The van der Waals surface area contributed by atoms with Gasteiger partial charge in [0.25, 0.3) is 5.91 Å². The van der Waals surface area contributed by atoms with Crippen molar-refractivity contribution in [3.8, 4) is 5.75 Å². The van der Waals surface area contributed by atoms with E-state index in [-0.39, 0.29) is 5.91 Å². The predicted octanol–water partition coefficient (Wildman–Crippen LogP) is 2.07. The number of anilines is 1. The molecule has 0 aromatic heterocycles. The SMILES string of the molecule is COCCOc1ccc(NC(=O)C2(OC)CCNCC2)cc1Cl. The third-order valence-corrected chi connectivity index (χ3v) is 4.25. The molecule has 128 valence electrons. The largest absolute Gasteiger partial charge is 0.490 e. The highest BCUT2D eigenvalue weighted by atomic mass is 35.5. The zero-order valence-corrected chi connectivity index (χ0v) is 14.2. The first kappa shape index (κ1) is 18.0. The summed E-state index contributed by atoms with van der Waals surface area (Å²) in [5.74, 6) is 0.413. The summed E-state index contributed by atoms with van der Waals surface area (Å²) in [5.41, 5.74) is -0.167. The topological polar surface area (TPSA) is 68.8 Å². The second kappa shape index (κ2) is 8.49. The fourth-order valence-corrected chi connectivity index (χ4v) is 2.77. The van der Waals surface area contributed by atoms with E-state index >= 15 is 0 Å². The van der Waals surface area contributed by atoms with Gasteiger partial charge in [0.15, 0.2) is 0 Å². The maximum atomic E-state index is 12.6. The average Bonchev–Trinajstić information content (AvgIpc) is 2.57. The van der Waals surface area contributed by atoms with Gasteiger partial charge in [-0.2, -0.15) is 0 Å². The number of hydrogen-bond acceptors (Lipinski definition) is 5. The summed E-state index contributed by atoms with van der Waals surface area (Å²) in [6.07, 6.45) is 1.28. The Morgan fingerprint density at radius 2 is 2.04 bits per heavy atom. The average molecular weight is 343 g/mol. The Morgan fingerprint density at radius 3 is 2.65 bits per heavy atom. The molecule has 6 nitrogen and oxygen atoms in total. The molecule has 0 atom stereocenters. The van der Waals surface area contributed by atoms with Gasteiger partial charge < -0.3 is 24.8 Å². The molecule has 1 heterocycles. The highest BCUT2D eigenvalue weighted by Gasteiger charge is 2.39. The minimum absolute atomic E-state index is 0.148. The van der Waals surface area contributed by atoms with Gasteiger partial charge in [-0.3, -0.25) is 4.79 Å². The van der Waals surface area contributed by atoms with E-state index in [1.54, 1.807) is 32.4 Å². The molecule has 1 aromatic carbocycles. The highest BCUT2D eigenvalue weighted by Crippen LogP contribution is 2.29. The Hall–Kier alpha value is -1.34. The summed E-state index contributed by atoms with van der Waals surface area (Å²) in [4.78, 5) is 12.6. The Labute approximate surface area is 141 Å². The molecule has 1 saturated heterocycles. The molecule has 1 aromatic rings. The molecule has 0 saturated carbocycles. The van der Waals surface area contributed by atoms with Crippen LogP contribution in [0.4, 0.5) is 5.69 Å². The number of halogens is 1. The summed E-state index contributed by atoms with van der Waals surface area (Å²) in [6, 6.07) is 5.16. The van der Waals surface area contributed by atoms with Crippen LogP contribution < -0.4 is 15.4 Å². The van der Waals surface area contributed by atoms with E-state index in [1.165, 1.54) is 0 Å². The molecule has 2 N–H and O–H groups in total. The van der Waals surface area contributed by atoms with E-state index in [1.807, 2.05) is 0 Å². The summed E-state index contributed by atoms with van der Waals surface area (Å²) in [6.45, 7) is 2.42. The smallest absolute Gasteiger partial charge is 0.256 e. The van der Waals surface area contributed by atoms with Crippen LogP contribution in [-0.4, -0.2) is 52.0 Å². The van der Waals surface area contributed by atoms with Crippen molar-refractivity contribution in [2.24, 2.45) is 0 Å². The van der Waals surface area contributed by atoms with Crippen molar-refractivity contribution in [3.63, 3.8) is 0 Å². The highest BCUT2D eigenvalue weighted by molar-refractivity contribution is 6.32. The fourth-order valence-electron chi connectivity index (χ4n) is 2.53. The molecule has 0 radical (unpaired) electrons. The molecule has 0 aliphatic carbocycles. The van der Waals surface area contributed by atoms with Crippen molar-refractivity contribution in [2.45, 2.75) is 18.4 Å². The Bertz CT molecular complexity index is 533. The number of rotatable bonds is 7. The number of methoxy groups -OCH3 is 2. The van der Waals surface area contributed by atoms with Crippen molar-refractivity contribution in [3.05, 3.63) is 23.2 Å². The quantitative estimate of drug-likeness (QED) is 0.742. The number of ether oxygens (including phenoxy) is 3. The summed E-state index contributed by atoms with van der Waals surface area (Å²) in [5, 5.41) is 6.55. The van der Waals surface area contributed by atoms with Crippen LogP contribution in [0.5, 0.6) is 5.75 Å². The maximum Gasteiger partial charge on any atom is 0.256 e. The first-order valence-corrected chi connectivity index (χ1v) is 7.98. The summed E-state index contributed by atoms with van der Waals surface area (Å²) >= 11 is 6.19. The molecule has 1 fully saturated rings. The van der Waals surface area contributed by atoms with Crippen LogP contribution >= 0.6 is 11.6 Å². The Balaban J connectivity index is 2.01. The van der Waals surface area contributed by atoms with Gasteiger partial charge in [-0.05, 0) is 44.1 Å². The van der Waals surface area contributed by atoms with E-state index in [9.17, 15) is 4.79 Å². The van der Waals surface area contributed by atoms with Crippen LogP contribution in [0.3, 0.4) is 0 Å². The second-order valence-electron chi connectivity index (χ2n) is 5.39. The summed E-state index contributed by atoms with van der Waals surface area (Å²) in [7, 11) is 3.18. The van der Waals surface area contributed by atoms with Crippen LogP contribution in [-0.2, 0) is 14.3 Å². The first-order chi connectivity index (χ1) is 11.1. The minimum Gasteiger partial charge on any atom is -0.490 e. The van der Waals surface area contributed by atoms with Crippen LogP contribution in [0.2, 0.25) is 5.02 Å². The number of hydrogen-bond donors (Lipinski definition) is 2. The van der Waals surface area contributed by atoms with E-state index in [0.29, 0.717) is 42.5 Å². The lowest BCUT2D eigenvalue weighted by Gasteiger charge is -2.34. The van der Waals surface area contributed by atoms with Gasteiger partial charge in [0, 0.05) is 19.9 Å². The zero-order valence-electron chi connectivity index (χ0n) is 13.5. The lowest BCUT2D eigenvalue weighted by molar-refractivity contribution is -0.140. The number of carbonyl (C=O) groups excluding carboxylic acids is 1. The number of carbonyl (C=O) groups is 1. The van der Waals surface area contributed by atoms with Gasteiger partial charge in [0.05, 0.1) is 11.6 Å². The van der Waals surface area contributed by atoms with Crippen LogP contribution in [0.15, 0.2) is 18.2 Å².